The average Bonchev–Trinajstić information content (AvgIpc) is 3.35. The molecule has 0 atom stereocenters. The standard InChI is InChI=1S/C23H26N2O/c1-2-12-24(11-1)14-15-25-13-10-21-20(6-3-7-22(21)25)18-8-9-23-19(17-18)5-4-16-26-23/h3,6-10,13,17H,1-2,4-5,11-12,14-16H2. The Bertz CT molecular complexity index is 921. The van der Waals surface area contributed by atoms with Crippen LogP contribution in [-0.2, 0) is 13.0 Å². The Morgan fingerprint density at radius 3 is 2.77 bits per heavy atom. The second-order valence-electron chi connectivity index (χ2n) is 7.57. The summed E-state index contributed by atoms with van der Waals surface area (Å²) in [7, 11) is 0. The van der Waals surface area contributed by atoms with Crippen molar-refractivity contribution in [2.24, 2.45) is 0 Å². The normalized spacial score (nSPS) is 17.4. The Balaban J connectivity index is 1.47. The quantitative estimate of drug-likeness (QED) is 0.679. The van der Waals surface area contributed by atoms with Gasteiger partial charge >= 0.3 is 0 Å². The van der Waals surface area contributed by atoms with Crippen molar-refractivity contribution in [1.29, 1.82) is 0 Å². The number of hydrogen-bond acceptors (Lipinski definition) is 2. The zero-order valence-corrected chi connectivity index (χ0v) is 15.3. The number of nitrogens with zero attached hydrogens (tertiary/aromatic N) is 2. The minimum Gasteiger partial charge on any atom is -0.493 e. The second-order valence-corrected chi connectivity index (χ2v) is 7.57. The van der Waals surface area contributed by atoms with E-state index in [1.165, 1.54) is 53.5 Å². The van der Waals surface area contributed by atoms with E-state index in [0.717, 1.165) is 38.3 Å². The van der Waals surface area contributed by atoms with Crippen LogP contribution in [0.5, 0.6) is 5.75 Å². The van der Waals surface area contributed by atoms with Gasteiger partial charge in [-0.25, -0.2) is 0 Å². The molecule has 0 radical (unpaired) electrons. The van der Waals surface area contributed by atoms with E-state index in [4.69, 9.17) is 4.74 Å². The number of likely N-dealkylation sites (tertiary alicyclic amines) is 1. The number of hydrogen-bond donors (Lipinski definition) is 0. The summed E-state index contributed by atoms with van der Waals surface area (Å²) in [5.74, 6) is 1.07. The lowest BCUT2D eigenvalue weighted by Gasteiger charge is -2.18. The molecule has 3 nitrogen and oxygen atoms in total. The molecular weight excluding hydrogens is 320 g/mol. The van der Waals surface area contributed by atoms with Crippen molar-refractivity contribution < 1.29 is 4.74 Å². The number of aromatic nitrogens is 1. The fraction of sp³-hybridized carbons (Fsp3) is 0.391. The van der Waals surface area contributed by atoms with Crippen molar-refractivity contribution in [2.75, 3.05) is 26.2 Å². The molecule has 0 saturated carbocycles. The zero-order valence-electron chi connectivity index (χ0n) is 15.3. The summed E-state index contributed by atoms with van der Waals surface area (Å²) in [6, 6.07) is 15.7. The van der Waals surface area contributed by atoms with Crippen LogP contribution in [0, 0.1) is 0 Å². The molecule has 1 aromatic heterocycles. The molecule has 0 N–H and O–H groups in total. The maximum atomic E-state index is 5.78. The minimum absolute atomic E-state index is 0.849. The number of rotatable bonds is 4. The maximum absolute atomic E-state index is 5.78. The van der Waals surface area contributed by atoms with Gasteiger partial charge in [0.05, 0.1) is 6.61 Å². The number of fused-ring (bicyclic) bond motifs is 2. The van der Waals surface area contributed by atoms with Gasteiger partial charge in [0.1, 0.15) is 5.75 Å². The summed E-state index contributed by atoms with van der Waals surface area (Å²) in [4.78, 5) is 2.58. The molecule has 0 amide bonds. The first-order chi connectivity index (χ1) is 12.9. The molecule has 0 unspecified atom stereocenters. The van der Waals surface area contributed by atoms with Crippen molar-refractivity contribution in [2.45, 2.75) is 32.2 Å². The van der Waals surface area contributed by atoms with E-state index in [1.807, 2.05) is 0 Å². The van der Waals surface area contributed by atoms with Crippen molar-refractivity contribution >= 4 is 10.9 Å². The van der Waals surface area contributed by atoms with Gasteiger partial charge in [-0.1, -0.05) is 18.2 Å². The van der Waals surface area contributed by atoms with Crippen LogP contribution in [0.1, 0.15) is 24.8 Å². The van der Waals surface area contributed by atoms with E-state index >= 15 is 0 Å². The summed E-state index contributed by atoms with van der Waals surface area (Å²) < 4.78 is 8.19. The van der Waals surface area contributed by atoms with E-state index in [1.54, 1.807) is 0 Å². The first kappa shape index (κ1) is 16.0. The first-order valence-corrected chi connectivity index (χ1v) is 9.95. The van der Waals surface area contributed by atoms with Gasteiger partial charge in [-0.2, -0.15) is 0 Å². The predicted molar refractivity (Wildman–Crippen MR) is 107 cm³/mol. The second kappa shape index (κ2) is 6.81. The van der Waals surface area contributed by atoms with Gasteiger partial charge in [0.15, 0.2) is 0 Å². The molecule has 3 aromatic rings. The molecule has 3 heterocycles. The Kier molecular flexibility index (Phi) is 4.18. The van der Waals surface area contributed by atoms with Gasteiger partial charge in [0.25, 0.3) is 0 Å². The van der Waals surface area contributed by atoms with Crippen LogP contribution in [0.4, 0.5) is 0 Å². The topological polar surface area (TPSA) is 17.4 Å². The van der Waals surface area contributed by atoms with Crippen molar-refractivity contribution in [1.82, 2.24) is 9.47 Å². The van der Waals surface area contributed by atoms with Crippen LogP contribution in [-0.4, -0.2) is 35.7 Å². The fourth-order valence-electron chi connectivity index (χ4n) is 4.45. The monoisotopic (exact) mass is 346 g/mol. The molecular formula is C23H26N2O. The SMILES string of the molecule is c1cc(-c2ccc3c(c2)CCCO3)c2ccn(CCN3CCCC3)c2c1. The van der Waals surface area contributed by atoms with E-state index in [2.05, 4.69) is 58.1 Å². The van der Waals surface area contributed by atoms with Gasteiger partial charge in [-0.05, 0) is 79.7 Å². The third kappa shape index (κ3) is 2.90. The van der Waals surface area contributed by atoms with E-state index in [-0.39, 0.29) is 0 Å². The fourth-order valence-corrected chi connectivity index (χ4v) is 4.45. The lowest BCUT2D eigenvalue weighted by molar-refractivity contribution is 0.288. The highest BCUT2D eigenvalue weighted by atomic mass is 16.5. The smallest absolute Gasteiger partial charge is 0.122 e. The van der Waals surface area contributed by atoms with Crippen molar-refractivity contribution in [3.05, 3.63) is 54.2 Å². The van der Waals surface area contributed by atoms with Crippen LogP contribution < -0.4 is 4.74 Å². The molecule has 0 bridgehead atoms. The average molecular weight is 346 g/mol. The van der Waals surface area contributed by atoms with Gasteiger partial charge in [-0.15, -0.1) is 0 Å². The van der Waals surface area contributed by atoms with Crippen LogP contribution in [0.2, 0.25) is 0 Å². The molecule has 26 heavy (non-hydrogen) atoms. The molecule has 1 fully saturated rings. The number of ether oxygens (including phenoxy) is 1. The lowest BCUT2D eigenvalue weighted by Crippen LogP contribution is -2.23. The highest BCUT2D eigenvalue weighted by Crippen LogP contribution is 2.34. The molecule has 1 saturated heterocycles. The molecule has 2 aromatic carbocycles. The predicted octanol–water partition coefficient (Wildman–Crippen LogP) is 4.73. The summed E-state index contributed by atoms with van der Waals surface area (Å²) in [6.45, 7) is 5.61. The van der Waals surface area contributed by atoms with E-state index < -0.39 is 0 Å². The van der Waals surface area contributed by atoms with Crippen molar-refractivity contribution in [3.63, 3.8) is 0 Å². The Labute approximate surface area is 155 Å². The summed E-state index contributed by atoms with van der Waals surface area (Å²) in [6.07, 6.45) is 7.21. The molecule has 0 spiro atoms. The summed E-state index contributed by atoms with van der Waals surface area (Å²) in [5.41, 5.74) is 5.32. The Morgan fingerprint density at radius 1 is 0.923 bits per heavy atom. The molecule has 0 aliphatic carbocycles. The van der Waals surface area contributed by atoms with Crippen LogP contribution in [0.25, 0.3) is 22.0 Å². The first-order valence-electron chi connectivity index (χ1n) is 9.95. The Morgan fingerprint density at radius 2 is 1.85 bits per heavy atom. The summed E-state index contributed by atoms with van der Waals surface area (Å²) >= 11 is 0. The van der Waals surface area contributed by atoms with Gasteiger partial charge < -0.3 is 14.2 Å². The van der Waals surface area contributed by atoms with Gasteiger partial charge in [-0.3, -0.25) is 0 Å². The van der Waals surface area contributed by atoms with Gasteiger partial charge in [0.2, 0.25) is 0 Å². The van der Waals surface area contributed by atoms with E-state index in [0.29, 0.717) is 0 Å². The minimum atomic E-state index is 0.849. The van der Waals surface area contributed by atoms with Crippen molar-refractivity contribution in [3.8, 4) is 16.9 Å². The van der Waals surface area contributed by atoms with Crippen LogP contribution in [0.15, 0.2) is 48.7 Å². The molecule has 2 aliphatic heterocycles. The zero-order chi connectivity index (χ0) is 17.3. The summed E-state index contributed by atoms with van der Waals surface area (Å²) in [5, 5.41) is 1.35. The largest absolute Gasteiger partial charge is 0.493 e. The lowest BCUT2D eigenvalue weighted by atomic mass is 9.97. The highest BCUT2D eigenvalue weighted by Gasteiger charge is 2.14. The highest BCUT2D eigenvalue weighted by molar-refractivity contribution is 5.95. The third-order valence-corrected chi connectivity index (χ3v) is 5.89. The maximum Gasteiger partial charge on any atom is 0.122 e. The molecule has 3 heteroatoms. The third-order valence-electron chi connectivity index (χ3n) is 5.89. The number of benzene rings is 2. The molecule has 134 valence electrons. The Hall–Kier alpha value is -2.26. The molecule has 5 rings (SSSR count). The van der Waals surface area contributed by atoms with Crippen LogP contribution >= 0.6 is 0 Å². The van der Waals surface area contributed by atoms with E-state index in [9.17, 15) is 0 Å². The molecule has 2 aliphatic rings. The van der Waals surface area contributed by atoms with Crippen LogP contribution in [0.3, 0.4) is 0 Å². The number of aryl methyl sites for hydroxylation is 1. The van der Waals surface area contributed by atoms with Gasteiger partial charge in [0, 0.05) is 30.2 Å².